The van der Waals surface area contributed by atoms with Gasteiger partial charge in [-0.3, -0.25) is 28.8 Å². The summed E-state index contributed by atoms with van der Waals surface area (Å²) in [7, 11) is 0. The molecule has 2 saturated heterocycles. The number of halogens is 6. The number of aryl methyl sites for hydroxylation is 3. The maximum atomic E-state index is 14.2. The van der Waals surface area contributed by atoms with E-state index < -0.39 is 72.4 Å². The molecule has 5 heterocycles. The maximum absolute atomic E-state index is 14.2. The van der Waals surface area contributed by atoms with Crippen molar-refractivity contribution < 1.29 is 64.6 Å². The van der Waals surface area contributed by atoms with E-state index in [4.69, 9.17) is 39.1 Å². The highest BCUT2D eigenvalue weighted by Crippen LogP contribution is 2.43. The molecule has 12 rings (SSSR count). The lowest BCUT2D eigenvalue weighted by molar-refractivity contribution is -0.205. The first-order valence-electron chi connectivity index (χ1n) is 31.2. The summed E-state index contributed by atoms with van der Waals surface area (Å²) in [6, 6.07) is 34.0. The summed E-state index contributed by atoms with van der Waals surface area (Å²) >= 11 is 0. The number of hydrogen-bond acceptors (Lipinski definition) is 14. The largest absolute Gasteiger partial charge is 0.383 e. The third kappa shape index (κ3) is 15.9. The Bertz CT molecular complexity index is 4550. The number of carbonyl (C=O) groups excluding carboxylic acids is 6. The minimum Gasteiger partial charge on any atom is -0.383 e. The zero-order valence-electron chi connectivity index (χ0n) is 54.1. The van der Waals surface area contributed by atoms with E-state index in [1.165, 1.54) is 35.0 Å². The number of rotatable bonds is 19. The monoisotopic (exact) mass is 1360 g/mol. The Morgan fingerprint density at radius 1 is 0.535 bits per heavy atom. The van der Waals surface area contributed by atoms with Gasteiger partial charge in [0.05, 0.1) is 31.7 Å². The Morgan fingerprint density at radius 2 is 0.939 bits per heavy atom. The number of aromatic nitrogens is 6. The van der Waals surface area contributed by atoms with Crippen molar-refractivity contribution in [2.75, 3.05) is 37.0 Å². The standard InChI is InChI=1S/C24H26FN5O2.C23H22F3N5O3.C23H23F2N5O3/c1-13-3-10-18(25)11-19(13)24(32)28-12-15-4-6-17(7-5-15)21-20(23(27)31)22(26)30(29-21)14(2)16-8-9-16;1-12-2-7-15(24)8-16(12)22(33)29-9-13-3-5-14(6-4-13)19-18(21(28)32)20(27)31(30-19)17-10-34-11-23(17,25)26;1-13-4-2-3-5-17(13)22(32)28-11-14-6-8-15(9-7-14)19-18(21(27)31)20(26)30(29-19)16-10-23(24,25)33-12-16/h3-7,10-11,14,16H,8-9,12,26H2,1-2H3,(H2,27,31)(H,28,32);2-8,17H,9-11,27H2,1H3,(H2,28,32)(H,29,33);2-9,16H,10-12,26H2,1H3,(H2,27,31)(H,28,32). The van der Waals surface area contributed by atoms with Crippen LogP contribution in [-0.4, -0.2) is 96.6 Å². The van der Waals surface area contributed by atoms with Gasteiger partial charge in [-0.05, 0) is 110 Å². The van der Waals surface area contributed by atoms with Gasteiger partial charge in [-0.15, -0.1) is 0 Å². The van der Waals surface area contributed by atoms with Gasteiger partial charge < -0.3 is 59.8 Å². The molecule has 23 nitrogen and oxygen atoms in total. The van der Waals surface area contributed by atoms with Crippen LogP contribution in [-0.2, 0) is 29.1 Å². The molecule has 3 unspecified atom stereocenters. The fraction of sp³-hybridized carbons (Fsp3) is 0.271. The number of nitrogens with one attached hydrogen (secondary N) is 3. The molecule has 0 bridgehead atoms. The first-order valence-corrected chi connectivity index (χ1v) is 31.2. The molecule has 3 atom stereocenters. The molecule has 1 saturated carbocycles. The minimum atomic E-state index is -3.28. The lowest BCUT2D eigenvalue weighted by Crippen LogP contribution is -2.31. The molecule has 1 aliphatic carbocycles. The minimum absolute atomic E-state index is 0.0363. The highest BCUT2D eigenvalue weighted by Gasteiger charge is 2.49. The predicted octanol–water partition coefficient (Wildman–Crippen LogP) is 9.42. The van der Waals surface area contributed by atoms with E-state index >= 15 is 0 Å². The van der Waals surface area contributed by atoms with Gasteiger partial charge in [-0.25, -0.2) is 31.6 Å². The Morgan fingerprint density at radius 3 is 1.34 bits per heavy atom. The molecule has 0 spiro atoms. The van der Waals surface area contributed by atoms with Gasteiger partial charge >= 0.3 is 6.11 Å². The van der Waals surface area contributed by atoms with Crippen molar-refractivity contribution in [3.63, 3.8) is 0 Å². The van der Waals surface area contributed by atoms with Gasteiger partial charge in [0, 0.05) is 53.0 Å². The van der Waals surface area contributed by atoms with Gasteiger partial charge in [-0.2, -0.15) is 24.1 Å². The summed E-state index contributed by atoms with van der Waals surface area (Å²) in [6.45, 7) is 6.73. The van der Waals surface area contributed by atoms with Crippen LogP contribution in [0.5, 0.6) is 0 Å². The number of amides is 6. The molecule has 2 aliphatic heterocycles. The molecule has 29 heteroatoms. The number of ether oxygens (including phenoxy) is 2. The summed E-state index contributed by atoms with van der Waals surface area (Å²) in [4.78, 5) is 73.4. The third-order valence-electron chi connectivity index (χ3n) is 17.3. The first kappa shape index (κ1) is 70.5. The second kappa shape index (κ2) is 29.2. The van der Waals surface area contributed by atoms with Gasteiger partial charge in [0.1, 0.15) is 75.5 Å². The summed E-state index contributed by atoms with van der Waals surface area (Å²) in [5.41, 5.74) is 42.9. The van der Waals surface area contributed by atoms with Crippen LogP contribution in [0.4, 0.5) is 43.8 Å². The van der Waals surface area contributed by atoms with E-state index in [2.05, 4.69) is 36.0 Å². The molecule has 15 N–H and O–H groups in total. The fourth-order valence-electron chi connectivity index (χ4n) is 11.5. The summed E-state index contributed by atoms with van der Waals surface area (Å²) in [5.74, 6) is -7.00. The Balaban J connectivity index is 0.000000161. The number of alkyl halides is 4. The summed E-state index contributed by atoms with van der Waals surface area (Å²) in [5, 5.41) is 21.5. The van der Waals surface area contributed by atoms with Crippen molar-refractivity contribution >= 4 is 52.9 Å². The number of nitrogens with zero attached hydrogens (tertiary/aromatic N) is 6. The van der Waals surface area contributed by atoms with Crippen LogP contribution < -0.4 is 50.4 Å². The molecule has 99 heavy (non-hydrogen) atoms. The molecule has 3 fully saturated rings. The van der Waals surface area contributed by atoms with Gasteiger partial charge in [0.2, 0.25) is 0 Å². The van der Waals surface area contributed by atoms with E-state index in [1.54, 1.807) is 85.3 Å². The van der Waals surface area contributed by atoms with Crippen LogP contribution >= 0.6 is 0 Å². The quantitative estimate of drug-likeness (QED) is 0.0341. The predicted molar refractivity (Wildman–Crippen MR) is 356 cm³/mol. The fourth-order valence-corrected chi connectivity index (χ4v) is 11.5. The number of anilines is 3. The lowest BCUT2D eigenvalue weighted by atomic mass is 10.0. The topological polar surface area (TPSA) is 367 Å². The van der Waals surface area contributed by atoms with Crippen LogP contribution in [0.25, 0.3) is 33.8 Å². The number of carbonyl (C=O) groups is 6. The Labute approximate surface area is 563 Å². The highest BCUT2D eigenvalue weighted by molar-refractivity contribution is 6.05. The number of primary amides is 3. The van der Waals surface area contributed by atoms with Crippen LogP contribution in [0.2, 0.25) is 0 Å². The van der Waals surface area contributed by atoms with Gasteiger partial charge in [0.15, 0.2) is 0 Å². The molecule has 3 aliphatic rings. The number of nitrogens with two attached hydrogens (primary N) is 6. The molecular formula is C70H71F6N15O8. The van der Waals surface area contributed by atoms with Crippen LogP contribution in [0.1, 0.15) is 140 Å². The lowest BCUT2D eigenvalue weighted by Gasteiger charge is -2.18. The van der Waals surface area contributed by atoms with Gasteiger partial charge in [0.25, 0.3) is 41.4 Å². The first-order chi connectivity index (χ1) is 47.0. The van der Waals surface area contributed by atoms with Crippen molar-refractivity contribution in [1.82, 2.24) is 45.3 Å². The second-order valence-corrected chi connectivity index (χ2v) is 24.3. The summed E-state index contributed by atoms with van der Waals surface area (Å²) in [6.07, 6.45) is -1.63. The second-order valence-electron chi connectivity index (χ2n) is 24.3. The number of hydrogen-bond donors (Lipinski definition) is 9. The zero-order chi connectivity index (χ0) is 71.4. The third-order valence-corrected chi connectivity index (χ3v) is 17.3. The molecule has 516 valence electrons. The molecule has 0 radical (unpaired) electrons. The summed E-state index contributed by atoms with van der Waals surface area (Å²) < 4.78 is 95.3. The van der Waals surface area contributed by atoms with Crippen LogP contribution in [0, 0.1) is 38.3 Å². The van der Waals surface area contributed by atoms with Crippen molar-refractivity contribution in [3.05, 3.63) is 212 Å². The van der Waals surface area contributed by atoms with E-state index in [9.17, 15) is 55.1 Å². The van der Waals surface area contributed by atoms with Crippen molar-refractivity contribution in [2.24, 2.45) is 23.1 Å². The zero-order valence-corrected chi connectivity index (χ0v) is 54.1. The molecule has 6 aromatic carbocycles. The van der Waals surface area contributed by atoms with E-state index in [0.29, 0.717) is 62.7 Å². The molecular weight excluding hydrogens is 1290 g/mol. The smallest absolute Gasteiger partial charge is 0.357 e. The number of nitrogen functional groups attached to an aromatic ring is 3. The van der Waals surface area contributed by atoms with Crippen molar-refractivity contribution in [3.8, 4) is 33.8 Å². The maximum Gasteiger partial charge on any atom is 0.357 e. The van der Waals surface area contributed by atoms with Crippen molar-refractivity contribution in [2.45, 2.75) is 96.7 Å². The normalized spacial score (nSPS) is 16.1. The average Bonchev–Trinajstić information content (AvgIpc) is 1.62. The number of benzene rings is 6. The molecule has 6 amide bonds. The van der Waals surface area contributed by atoms with E-state index in [1.807, 2.05) is 50.2 Å². The Hall–Kier alpha value is -11.3. The Kier molecular flexibility index (Phi) is 20.8. The molecule has 3 aromatic heterocycles. The van der Waals surface area contributed by atoms with Crippen LogP contribution in [0.15, 0.2) is 133 Å². The van der Waals surface area contributed by atoms with Gasteiger partial charge in [-0.1, -0.05) is 103 Å². The van der Waals surface area contributed by atoms with E-state index in [-0.39, 0.29) is 95.3 Å². The average molecular weight is 1360 g/mol. The van der Waals surface area contributed by atoms with E-state index in [0.717, 1.165) is 34.2 Å². The molecule has 9 aromatic rings. The SMILES string of the molecule is Cc1ccc(F)cc1C(=O)NCc1ccc(-c2nn(C(C)C3CC3)c(N)c2C(N)=O)cc1.Cc1ccc(F)cc1C(=O)NCc1ccc(-c2nn(C3COCC3(F)F)c(N)c2C(N)=O)cc1.Cc1ccccc1C(=O)NCc1ccc(-c2nn(C3COC(F)(F)C3)c(N)c2C(N)=O)cc1. The van der Waals surface area contributed by atoms with Crippen molar-refractivity contribution in [1.29, 1.82) is 0 Å². The van der Waals surface area contributed by atoms with Crippen LogP contribution in [0.3, 0.4) is 0 Å². The highest BCUT2D eigenvalue weighted by atomic mass is 19.3.